The SMILES string of the molecule is N/C(=N/O)c1cccnc1Sc1cc2ccccc2[nH]1. The third-order valence-electron chi connectivity index (χ3n) is 2.87. The first-order valence-electron chi connectivity index (χ1n) is 5.96. The van der Waals surface area contributed by atoms with E-state index in [2.05, 4.69) is 15.1 Å². The van der Waals surface area contributed by atoms with Gasteiger partial charge >= 0.3 is 0 Å². The van der Waals surface area contributed by atoms with Gasteiger partial charge < -0.3 is 15.9 Å². The molecule has 3 aromatic rings. The molecule has 2 aromatic heterocycles. The number of nitrogens with zero attached hydrogens (tertiary/aromatic N) is 2. The van der Waals surface area contributed by atoms with E-state index < -0.39 is 0 Å². The Hall–Kier alpha value is -2.47. The standard InChI is InChI=1S/C14H12N4OS/c15-13(18-19)10-5-3-7-16-14(10)20-12-8-9-4-1-2-6-11(9)17-12/h1-8,17,19H,(H2,15,18). The molecule has 1 aromatic carbocycles. The molecule has 2 heterocycles. The van der Waals surface area contributed by atoms with Crippen LogP contribution in [-0.4, -0.2) is 21.0 Å². The van der Waals surface area contributed by atoms with Gasteiger partial charge in [0.25, 0.3) is 0 Å². The maximum absolute atomic E-state index is 8.81. The van der Waals surface area contributed by atoms with Gasteiger partial charge in [-0.2, -0.15) is 0 Å². The molecule has 0 amide bonds. The van der Waals surface area contributed by atoms with Crippen molar-refractivity contribution in [2.24, 2.45) is 10.9 Å². The summed E-state index contributed by atoms with van der Waals surface area (Å²) in [6.45, 7) is 0. The number of oxime groups is 1. The molecule has 0 aliphatic rings. The molecule has 0 fully saturated rings. The second-order valence-electron chi connectivity index (χ2n) is 4.16. The van der Waals surface area contributed by atoms with E-state index >= 15 is 0 Å². The Morgan fingerprint density at radius 1 is 1.25 bits per heavy atom. The van der Waals surface area contributed by atoms with Gasteiger partial charge in [0.05, 0.1) is 10.6 Å². The quantitative estimate of drug-likeness (QED) is 0.299. The highest BCUT2D eigenvalue weighted by molar-refractivity contribution is 7.99. The van der Waals surface area contributed by atoms with Crippen molar-refractivity contribution in [2.75, 3.05) is 0 Å². The number of para-hydroxylation sites is 1. The lowest BCUT2D eigenvalue weighted by Crippen LogP contribution is -2.14. The zero-order valence-electron chi connectivity index (χ0n) is 10.4. The van der Waals surface area contributed by atoms with E-state index in [1.165, 1.54) is 11.8 Å². The van der Waals surface area contributed by atoms with Gasteiger partial charge in [-0.05, 0) is 24.3 Å². The van der Waals surface area contributed by atoms with Crippen LogP contribution in [0.5, 0.6) is 0 Å². The Labute approximate surface area is 119 Å². The lowest BCUT2D eigenvalue weighted by molar-refractivity contribution is 0.318. The van der Waals surface area contributed by atoms with Gasteiger partial charge in [0.15, 0.2) is 5.84 Å². The van der Waals surface area contributed by atoms with Crippen LogP contribution in [-0.2, 0) is 0 Å². The van der Waals surface area contributed by atoms with Crippen molar-refractivity contribution in [3.63, 3.8) is 0 Å². The van der Waals surface area contributed by atoms with Crippen molar-refractivity contribution >= 4 is 28.5 Å². The minimum atomic E-state index is 0.0525. The average molecular weight is 284 g/mol. The average Bonchev–Trinajstić information content (AvgIpc) is 2.89. The number of hydrogen-bond acceptors (Lipinski definition) is 4. The summed E-state index contributed by atoms with van der Waals surface area (Å²) in [7, 11) is 0. The highest BCUT2D eigenvalue weighted by atomic mass is 32.2. The number of aromatic amines is 1. The number of amidine groups is 1. The van der Waals surface area contributed by atoms with E-state index in [0.717, 1.165) is 15.9 Å². The molecule has 0 aliphatic carbocycles. The lowest BCUT2D eigenvalue weighted by Gasteiger charge is -2.04. The summed E-state index contributed by atoms with van der Waals surface area (Å²) >= 11 is 1.45. The van der Waals surface area contributed by atoms with Crippen LogP contribution in [0, 0.1) is 0 Å². The van der Waals surface area contributed by atoms with Crippen molar-refractivity contribution in [3.8, 4) is 0 Å². The van der Waals surface area contributed by atoms with E-state index in [1.807, 2.05) is 30.3 Å². The number of hydrogen-bond donors (Lipinski definition) is 3. The molecular formula is C14H12N4OS. The summed E-state index contributed by atoms with van der Waals surface area (Å²) in [6, 6.07) is 13.6. The predicted molar refractivity (Wildman–Crippen MR) is 79.2 cm³/mol. The van der Waals surface area contributed by atoms with Gasteiger partial charge in [0, 0.05) is 17.1 Å². The number of aromatic nitrogens is 2. The number of benzene rings is 1. The highest BCUT2D eigenvalue weighted by Crippen LogP contribution is 2.30. The van der Waals surface area contributed by atoms with Crippen molar-refractivity contribution in [2.45, 2.75) is 10.1 Å². The van der Waals surface area contributed by atoms with Gasteiger partial charge in [0.2, 0.25) is 0 Å². The van der Waals surface area contributed by atoms with Crippen LogP contribution in [0.15, 0.2) is 63.9 Å². The van der Waals surface area contributed by atoms with E-state index in [1.54, 1.807) is 18.3 Å². The predicted octanol–water partition coefficient (Wildman–Crippen LogP) is 2.81. The van der Waals surface area contributed by atoms with E-state index in [-0.39, 0.29) is 5.84 Å². The normalized spacial score (nSPS) is 11.9. The van der Waals surface area contributed by atoms with Crippen LogP contribution in [0.25, 0.3) is 10.9 Å². The molecule has 3 rings (SSSR count). The number of nitrogens with two attached hydrogens (primary N) is 1. The molecule has 0 spiro atoms. The molecule has 0 saturated carbocycles. The Kier molecular flexibility index (Phi) is 3.30. The van der Waals surface area contributed by atoms with Crippen LogP contribution in [0.4, 0.5) is 0 Å². The fraction of sp³-hybridized carbons (Fsp3) is 0. The molecule has 4 N–H and O–H groups in total. The molecule has 0 unspecified atom stereocenters. The summed E-state index contributed by atoms with van der Waals surface area (Å²) in [6.07, 6.45) is 1.68. The maximum Gasteiger partial charge on any atom is 0.172 e. The largest absolute Gasteiger partial charge is 0.409 e. The third kappa shape index (κ3) is 2.33. The van der Waals surface area contributed by atoms with Gasteiger partial charge in [0.1, 0.15) is 5.03 Å². The molecule has 0 aliphatic heterocycles. The Morgan fingerprint density at radius 3 is 2.90 bits per heavy atom. The molecule has 6 heteroatoms. The van der Waals surface area contributed by atoms with Crippen LogP contribution in [0.3, 0.4) is 0 Å². The zero-order chi connectivity index (χ0) is 13.9. The second kappa shape index (κ2) is 5.26. The molecule has 0 saturated heterocycles. The van der Waals surface area contributed by atoms with Crippen LogP contribution >= 0.6 is 11.8 Å². The van der Waals surface area contributed by atoms with Crippen molar-refractivity contribution in [3.05, 3.63) is 54.2 Å². The van der Waals surface area contributed by atoms with Crippen LogP contribution < -0.4 is 5.73 Å². The fourth-order valence-electron chi connectivity index (χ4n) is 1.93. The van der Waals surface area contributed by atoms with Gasteiger partial charge in [-0.15, -0.1) is 0 Å². The number of H-pyrrole nitrogens is 1. The summed E-state index contributed by atoms with van der Waals surface area (Å²) in [5.74, 6) is 0.0525. The van der Waals surface area contributed by atoms with Crippen molar-refractivity contribution in [1.82, 2.24) is 9.97 Å². The molecule has 5 nitrogen and oxygen atoms in total. The number of fused-ring (bicyclic) bond motifs is 1. The number of nitrogens with one attached hydrogen (secondary N) is 1. The van der Waals surface area contributed by atoms with Gasteiger partial charge in [-0.25, -0.2) is 4.98 Å². The Morgan fingerprint density at radius 2 is 2.10 bits per heavy atom. The molecule has 0 atom stereocenters. The maximum atomic E-state index is 8.81. The highest BCUT2D eigenvalue weighted by Gasteiger charge is 2.11. The molecule has 0 bridgehead atoms. The minimum Gasteiger partial charge on any atom is -0.409 e. The summed E-state index contributed by atoms with van der Waals surface area (Å²) in [5.41, 5.74) is 7.34. The van der Waals surface area contributed by atoms with Gasteiger partial charge in [-0.3, -0.25) is 0 Å². The summed E-state index contributed by atoms with van der Waals surface area (Å²) in [4.78, 5) is 7.59. The first-order chi connectivity index (χ1) is 9.78. The molecule has 20 heavy (non-hydrogen) atoms. The first-order valence-corrected chi connectivity index (χ1v) is 6.78. The smallest absolute Gasteiger partial charge is 0.172 e. The van der Waals surface area contributed by atoms with Crippen molar-refractivity contribution < 1.29 is 5.21 Å². The summed E-state index contributed by atoms with van der Waals surface area (Å²) in [5, 5.41) is 14.6. The molecule has 100 valence electrons. The molecular weight excluding hydrogens is 272 g/mol. The first kappa shape index (κ1) is 12.6. The van der Waals surface area contributed by atoms with E-state index in [0.29, 0.717) is 10.6 Å². The van der Waals surface area contributed by atoms with Crippen LogP contribution in [0.2, 0.25) is 0 Å². The Bertz CT molecular complexity index is 748. The fourth-order valence-corrected chi connectivity index (χ4v) is 2.88. The lowest BCUT2D eigenvalue weighted by atomic mass is 10.3. The van der Waals surface area contributed by atoms with Gasteiger partial charge in [-0.1, -0.05) is 35.1 Å². The number of pyridine rings is 1. The molecule has 0 radical (unpaired) electrons. The van der Waals surface area contributed by atoms with Crippen LogP contribution in [0.1, 0.15) is 5.56 Å². The van der Waals surface area contributed by atoms with Crippen molar-refractivity contribution in [1.29, 1.82) is 0 Å². The minimum absolute atomic E-state index is 0.0525. The zero-order valence-corrected chi connectivity index (χ0v) is 11.3. The number of rotatable bonds is 3. The monoisotopic (exact) mass is 284 g/mol. The topological polar surface area (TPSA) is 87.3 Å². The summed E-state index contributed by atoms with van der Waals surface area (Å²) < 4.78 is 0. The third-order valence-corrected chi connectivity index (χ3v) is 3.83. The van der Waals surface area contributed by atoms with E-state index in [4.69, 9.17) is 10.9 Å². The second-order valence-corrected chi connectivity index (χ2v) is 5.19. The Balaban J connectivity index is 1.99. The van der Waals surface area contributed by atoms with E-state index in [9.17, 15) is 0 Å².